The Morgan fingerprint density at radius 2 is 2.15 bits per heavy atom. The number of carboxylic acid groups (broad SMARTS) is 1. The smallest absolute Gasteiger partial charge is 0.327 e. The molecule has 1 aromatic carbocycles. The SMILES string of the molecule is O=C(O)C1Cc2ccccc2N1S(=O)(=O)c1cnc[nH]1. The van der Waals surface area contributed by atoms with E-state index in [2.05, 4.69) is 9.97 Å². The summed E-state index contributed by atoms with van der Waals surface area (Å²) in [5.41, 5.74) is 1.09. The molecule has 20 heavy (non-hydrogen) atoms. The minimum atomic E-state index is -3.97. The Kier molecular flexibility index (Phi) is 2.75. The molecule has 7 nitrogen and oxygen atoms in total. The van der Waals surface area contributed by atoms with E-state index in [0.717, 1.165) is 10.5 Å². The Hall–Kier alpha value is -2.35. The third-order valence-corrected chi connectivity index (χ3v) is 4.97. The number of hydrogen-bond acceptors (Lipinski definition) is 4. The molecular formula is C12H11N3O4S. The predicted molar refractivity (Wildman–Crippen MR) is 69.8 cm³/mol. The number of carboxylic acids is 1. The largest absolute Gasteiger partial charge is 0.480 e. The molecule has 0 saturated heterocycles. The Labute approximate surface area is 114 Å². The Bertz CT molecular complexity index is 755. The van der Waals surface area contributed by atoms with Gasteiger partial charge < -0.3 is 10.1 Å². The van der Waals surface area contributed by atoms with Gasteiger partial charge in [-0.05, 0) is 11.6 Å². The van der Waals surface area contributed by atoms with E-state index in [1.807, 2.05) is 0 Å². The molecule has 1 aromatic heterocycles. The van der Waals surface area contributed by atoms with E-state index in [1.54, 1.807) is 24.3 Å². The number of benzene rings is 1. The van der Waals surface area contributed by atoms with Crippen LogP contribution in [0, 0.1) is 0 Å². The molecule has 2 aromatic rings. The van der Waals surface area contributed by atoms with Crippen molar-refractivity contribution in [2.24, 2.45) is 0 Å². The molecule has 2 N–H and O–H groups in total. The number of rotatable bonds is 3. The van der Waals surface area contributed by atoms with Crippen LogP contribution in [0.5, 0.6) is 0 Å². The molecule has 2 heterocycles. The van der Waals surface area contributed by atoms with Crippen molar-refractivity contribution >= 4 is 21.7 Å². The maximum atomic E-state index is 12.6. The summed E-state index contributed by atoms with van der Waals surface area (Å²) < 4.78 is 26.1. The summed E-state index contributed by atoms with van der Waals surface area (Å²) in [7, 11) is -3.97. The van der Waals surface area contributed by atoms with Crippen LogP contribution in [0.25, 0.3) is 0 Å². The molecule has 1 aliphatic rings. The zero-order chi connectivity index (χ0) is 14.3. The fourth-order valence-electron chi connectivity index (χ4n) is 2.33. The molecule has 0 bridgehead atoms. The summed E-state index contributed by atoms with van der Waals surface area (Å²) in [6, 6.07) is 5.63. The van der Waals surface area contributed by atoms with Crippen molar-refractivity contribution < 1.29 is 18.3 Å². The lowest BCUT2D eigenvalue weighted by Crippen LogP contribution is -2.42. The molecule has 1 atom stereocenters. The fraction of sp³-hybridized carbons (Fsp3) is 0.167. The van der Waals surface area contributed by atoms with Crippen LogP contribution in [0.3, 0.4) is 0 Å². The Morgan fingerprint density at radius 3 is 2.80 bits per heavy atom. The number of aromatic nitrogens is 2. The van der Waals surface area contributed by atoms with Crippen molar-refractivity contribution in [1.29, 1.82) is 0 Å². The molecule has 0 aliphatic carbocycles. The third-order valence-electron chi connectivity index (χ3n) is 3.22. The van der Waals surface area contributed by atoms with Gasteiger partial charge in [0.1, 0.15) is 6.04 Å². The van der Waals surface area contributed by atoms with E-state index < -0.39 is 22.0 Å². The van der Waals surface area contributed by atoms with Gasteiger partial charge in [-0.1, -0.05) is 18.2 Å². The second kappa shape index (κ2) is 4.34. The molecule has 1 aliphatic heterocycles. The number of nitrogens with zero attached hydrogens (tertiary/aromatic N) is 2. The number of sulfonamides is 1. The lowest BCUT2D eigenvalue weighted by atomic mass is 10.1. The number of aliphatic carboxylic acids is 1. The van der Waals surface area contributed by atoms with Gasteiger partial charge in [0.2, 0.25) is 0 Å². The standard InChI is InChI=1S/C12H11N3O4S/c16-12(17)10-5-8-3-1-2-4-9(8)15(10)20(18,19)11-6-13-7-14-11/h1-4,6-7,10H,5H2,(H,13,14)(H,16,17). The van der Waals surface area contributed by atoms with Crippen LogP contribution in [-0.4, -0.2) is 35.5 Å². The van der Waals surface area contributed by atoms with Crippen LogP contribution < -0.4 is 4.31 Å². The molecule has 1 unspecified atom stereocenters. The van der Waals surface area contributed by atoms with Crippen molar-refractivity contribution in [2.75, 3.05) is 4.31 Å². The molecule has 0 spiro atoms. The van der Waals surface area contributed by atoms with E-state index in [9.17, 15) is 18.3 Å². The van der Waals surface area contributed by atoms with Crippen LogP contribution in [0.2, 0.25) is 0 Å². The molecule has 104 valence electrons. The molecule has 3 rings (SSSR count). The zero-order valence-electron chi connectivity index (χ0n) is 10.2. The van der Waals surface area contributed by atoms with Crippen LogP contribution in [0.1, 0.15) is 5.56 Å². The summed E-state index contributed by atoms with van der Waals surface area (Å²) in [5, 5.41) is 9.16. The minimum Gasteiger partial charge on any atom is -0.480 e. The second-order valence-corrected chi connectivity index (χ2v) is 6.19. The molecule has 0 amide bonds. The van der Waals surface area contributed by atoms with Gasteiger partial charge in [0.25, 0.3) is 10.0 Å². The molecule has 0 radical (unpaired) electrons. The first-order valence-electron chi connectivity index (χ1n) is 5.85. The minimum absolute atomic E-state index is 0.125. The molecule has 8 heteroatoms. The summed E-state index contributed by atoms with van der Waals surface area (Å²) in [5.74, 6) is -1.18. The zero-order valence-corrected chi connectivity index (χ0v) is 11.0. The van der Waals surface area contributed by atoms with E-state index in [4.69, 9.17) is 0 Å². The van der Waals surface area contributed by atoms with Gasteiger partial charge in [-0.25, -0.2) is 9.78 Å². The van der Waals surface area contributed by atoms with Gasteiger partial charge in [-0.3, -0.25) is 4.31 Å². The fourth-order valence-corrected chi connectivity index (χ4v) is 3.88. The van der Waals surface area contributed by atoms with Crippen LogP contribution in [0.15, 0.2) is 41.8 Å². The number of hydrogen-bond donors (Lipinski definition) is 2. The number of para-hydroxylation sites is 1. The predicted octanol–water partition coefficient (Wildman–Crippen LogP) is 0.614. The van der Waals surface area contributed by atoms with E-state index in [-0.39, 0.29) is 11.4 Å². The van der Waals surface area contributed by atoms with Gasteiger partial charge in [-0.2, -0.15) is 8.42 Å². The second-order valence-electron chi connectivity index (χ2n) is 4.40. The maximum absolute atomic E-state index is 12.6. The molecule has 0 fully saturated rings. The highest BCUT2D eigenvalue weighted by Crippen LogP contribution is 2.36. The molecular weight excluding hydrogens is 282 g/mol. The maximum Gasteiger partial charge on any atom is 0.327 e. The summed E-state index contributed by atoms with van der Waals surface area (Å²) in [6.07, 6.45) is 2.55. The van der Waals surface area contributed by atoms with E-state index in [0.29, 0.717) is 11.3 Å². The van der Waals surface area contributed by atoms with Gasteiger partial charge in [0, 0.05) is 6.42 Å². The lowest BCUT2D eigenvalue weighted by molar-refractivity contribution is -0.138. The van der Waals surface area contributed by atoms with Gasteiger partial charge >= 0.3 is 5.97 Å². The van der Waals surface area contributed by atoms with Crippen molar-refractivity contribution in [3.05, 3.63) is 42.4 Å². The van der Waals surface area contributed by atoms with Gasteiger partial charge in [-0.15, -0.1) is 0 Å². The first kappa shape index (κ1) is 12.7. The van der Waals surface area contributed by atoms with Crippen molar-refractivity contribution in [1.82, 2.24) is 9.97 Å². The molecule has 0 saturated carbocycles. The van der Waals surface area contributed by atoms with Crippen LogP contribution >= 0.6 is 0 Å². The van der Waals surface area contributed by atoms with Crippen LogP contribution in [0.4, 0.5) is 5.69 Å². The van der Waals surface area contributed by atoms with Crippen molar-refractivity contribution in [2.45, 2.75) is 17.5 Å². The average molecular weight is 293 g/mol. The summed E-state index contributed by atoms with van der Waals surface area (Å²) in [4.78, 5) is 17.6. The van der Waals surface area contributed by atoms with Gasteiger partial charge in [0.05, 0.1) is 18.2 Å². The highest BCUT2D eigenvalue weighted by molar-refractivity contribution is 7.92. The lowest BCUT2D eigenvalue weighted by Gasteiger charge is -2.23. The monoisotopic (exact) mass is 293 g/mol. The van der Waals surface area contributed by atoms with E-state index in [1.165, 1.54) is 6.33 Å². The average Bonchev–Trinajstić information content (AvgIpc) is 3.06. The Balaban J connectivity index is 2.17. The highest BCUT2D eigenvalue weighted by Gasteiger charge is 2.42. The highest BCUT2D eigenvalue weighted by atomic mass is 32.2. The van der Waals surface area contributed by atoms with Gasteiger partial charge in [0.15, 0.2) is 5.03 Å². The van der Waals surface area contributed by atoms with Crippen molar-refractivity contribution in [3.63, 3.8) is 0 Å². The Morgan fingerprint density at radius 1 is 1.40 bits per heavy atom. The summed E-state index contributed by atoms with van der Waals surface area (Å²) in [6.45, 7) is 0. The quantitative estimate of drug-likeness (QED) is 0.863. The van der Waals surface area contributed by atoms with E-state index >= 15 is 0 Å². The van der Waals surface area contributed by atoms with Crippen LogP contribution in [-0.2, 0) is 21.2 Å². The number of fused-ring (bicyclic) bond motifs is 1. The number of carbonyl (C=O) groups is 1. The first-order valence-corrected chi connectivity index (χ1v) is 7.29. The normalized spacial score (nSPS) is 18.0. The topological polar surface area (TPSA) is 103 Å². The summed E-state index contributed by atoms with van der Waals surface area (Å²) >= 11 is 0. The number of H-pyrrole nitrogens is 1. The first-order chi connectivity index (χ1) is 9.51. The number of anilines is 1. The number of imidazole rings is 1. The van der Waals surface area contributed by atoms with Crippen molar-refractivity contribution in [3.8, 4) is 0 Å². The third kappa shape index (κ3) is 1.76. The number of nitrogens with one attached hydrogen (secondary N) is 1. The number of aromatic amines is 1.